The van der Waals surface area contributed by atoms with Crippen molar-refractivity contribution in [2.45, 2.75) is 57.4 Å². The van der Waals surface area contributed by atoms with Gasteiger partial charge in [-0.2, -0.15) is 5.26 Å². The van der Waals surface area contributed by atoms with E-state index in [-0.39, 0.29) is 12.5 Å². The number of aliphatic carboxylic acids is 1. The Morgan fingerprint density at radius 1 is 1.25 bits per heavy atom. The largest absolute Gasteiger partial charge is 0.481 e. The molecule has 0 bridgehead atoms. The van der Waals surface area contributed by atoms with Crippen LogP contribution in [0.1, 0.15) is 51.4 Å². The summed E-state index contributed by atoms with van der Waals surface area (Å²) in [5.41, 5.74) is 0. The van der Waals surface area contributed by atoms with E-state index >= 15 is 0 Å². The molecule has 6 nitrogen and oxygen atoms in total. The lowest BCUT2D eigenvalue weighted by Crippen LogP contribution is -2.42. The highest BCUT2D eigenvalue weighted by molar-refractivity contribution is 5.74. The molecule has 0 unspecified atom stereocenters. The van der Waals surface area contributed by atoms with E-state index in [1.165, 1.54) is 0 Å². The third-order valence-corrected chi connectivity index (χ3v) is 3.31. The molecule has 6 heteroatoms. The molecule has 0 saturated heterocycles. The SMILES string of the molecule is N#CCCN(C(=O)NCCCCCCC(=O)O)C1CC1. The van der Waals surface area contributed by atoms with Crippen LogP contribution in [0.15, 0.2) is 0 Å². The molecule has 0 aliphatic heterocycles. The molecular formula is C14H23N3O3. The van der Waals surface area contributed by atoms with Gasteiger partial charge in [-0.3, -0.25) is 4.79 Å². The molecule has 2 N–H and O–H groups in total. The van der Waals surface area contributed by atoms with Crippen LogP contribution in [0.2, 0.25) is 0 Å². The molecule has 1 rings (SSSR count). The molecule has 1 aliphatic carbocycles. The van der Waals surface area contributed by atoms with Crippen molar-refractivity contribution in [1.29, 1.82) is 5.26 Å². The number of carboxylic acids is 1. The second-order valence-electron chi connectivity index (χ2n) is 5.12. The number of hydrogen-bond acceptors (Lipinski definition) is 3. The molecule has 0 aromatic rings. The maximum absolute atomic E-state index is 11.9. The predicted octanol–water partition coefficient (Wildman–Crippen LogP) is 2.11. The van der Waals surface area contributed by atoms with Gasteiger partial charge >= 0.3 is 12.0 Å². The Bertz CT molecular complexity index is 361. The minimum Gasteiger partial charge on any atom is -0.481 e. The zero-order valence-corrected chi connectivity index (χ0v) is 11.8. The van der Waals surface area contributed by atoms with Gasteiger partial charge in [-0.25, -0.2) is 4.79 Å². The summed E-state index contributed by atoms with van der Waals surface area (Å²) in [6, 6.07) is 2.31. The van der Waals surface area contributed by atoms with Gasteiger partial charge in [0.2, 0.25) is 0 Å². The molecule has 0 aromatic heterocycles. The van der Waals surface area contributed by atoms with E-state index in [1.807, 2.05) is 0 Å². The molecule has 112 valence electrons. The Balaban J connectivity index is 2.06. The van der Waals surface area contributed by atoms with E-state index in [4.69, 9.17) is 10.4 Å². The number of hydrogen-bond donors (Lipinski definition) is 2. The van der Waals surface area contributed by atoms with Crippen LogP contribution in [0.25, 0.3) is 0 Å². The van der Waals surface area contributed by atoms with Gasteiger partial charge in [-0.1, -0.05) is 12.8 Å². The molecule has 0 aromatic carbocycles. The quantitative estimate of drug-likeness (QED) is 0.600. The Morgan fingerprint density at radius 3 is 2.55 bits per heavy atom. The molecule has 1 aliphatic rings. The van der Waals surface area contributed by atoms with E-state index < -0.39 is 5.97 Å². The lowest BCUT2D eigenvalue weighted by molar-refractivity contribution is -0.137. The van der Waals surface area contributed by atoms with Crippen molar-refractivity contribution in [3.05, 3.63) is 0 Å². The molecule has 0 radical (unpaired) electrons. The first-order chi connectivity index (χ1) is 9.65. The van der Waals surface area contributed by atoms with Crippen LogP contribution in [-0.2, 0) is 4.79 Å². The number of rotatable bonds is 10. The standard InChI is InChI=1S/C14H23N3O3/c15-9-5-11-17(12-7-8-12)14(20)16-10-4-2-1-3-6-13(18)19/h12H,1-8,10-11H2,(H,16,20)(H,18,19). The van der Waals surface area contributed by atoms with E-state index in [0.29, 0.717) is 32.0 Å². The molecule has 20 heavy (non-hydrogen) atoms. The Morgan fingerprint density at radius 2 is 1.95 bits per heavy atom. The van der Waals surface area contributed by atoms with Crippen LogP contribution in [0, 0.1) is 11.3 Å². The normalized spacial score (nSPS) is 13.6. The summed E-state index contributed by atoms with van der Waals surface area (Å²) >= 11 is 0. The fourth-order valence-electron chi connectivity index (χ4n) is 2.06. The number of nitriles is 1. The zero-order valence-electron chi connectivity index (χ0n) is 11.8. The molecule has 0 atom stereocenters. The van der Waals surface area contributed by atoms with Crippen molar-refractivity contribution in [2.24, 2.45) is 0 Å². The third-order valence-electron chi connectivity index (χ3n) is 3.31. The average Bonchev–Trinajstić information content (AvgIpc) is 3.22. The number of amides is 2. The fraction of sp³-hybridized carbons (Fsp3) is 0.786. The number of carbonyl (C=O) groups excluding carboxylic acids is 1. The van der Waals surface area contributed by atoms with E-state index in [2.05, 4.69) is 11.4 Å². The number of urea groups is 1. The van der Waals surface area contributed by atoms with Crippen molar-refractivity contribution in [1.82, 2.24) is 10.2 Å². The summed E-state index contributed by atoms with van der Waals surface area (Å²) in [5, 5.41) is 20.0. The summed E-state index contributed by atoms with van der Waals surface area (Å²) in [7, 11) is 0. The van der Waals surface area contributed by atoms with Crippen LogP contribution >= 0.6 is 0 Å². The summed E-state index contributed by atoms with van der Waals surface area (Å²) in [6.45, 7) is 1.12. The summed E-state index contributed by atoms with van der Waals surface area (Å²) in [5.74, 6) is -0.754. The maximum atomic E-state index is 11.9. The first-order valence-electron chi connectivity index (χ1n) is 7.28. The van der Waals surface area contributed by atoms with Crippen LogP contribution in [-0.4, -0.2) is 41.1 Å². The van der Waals surface area contributed by atoms with Crippen molar-refractivity contribution >= 4 is 12.0 Å². The van der Waals surface area contributed by atoms with E-state index in [1.54, 1.807) is 4.90 Å². The first-order valence-corrected chi connectivity index (χ1v) is 7.28. The zero-order chi connectivity index (χ0) is 14.8. The van der Waals surface area contributed by atoms with E-state index in [0.717, 1.165) is 32.1 Å². The first kappa shape index (κ1) is 16.3. The van der Waals surface area contributed by atoms with Gasteiger partial charge in [0.15, 0.2) is 0 Å². The van der Waals surface area contributed by atoms with Crippen LogP contribution in [0.5, 0.6) is 0 Å². The predicted molar refractivity (Wildman–Crippen MR) is 74.1 cm³/mol. The lowest BCUT2D eigenvalue weighted by Gasteiger charge is -2.21. The summed E-state index contributed by atoms with van der Waals surface area (Å²) in [4.78, 5) is 24.0. The van der Waals surface area contributed by atoms with Crippen LogP contribution in [0.4, 0.5) is 4.79 Å². The fourth-order valence-corrected chi connectivity index (χ4v) is 2.06. The average molecular weight is 281 g/mol. The van der Waals surface area contributed by atoms with Crippen molar-refractivity contribution in [2.75, 3.05) is 13.1 Å². The highest BCUT2D eigenvalue weighted by atomic mass is 16.4. The molecule has 1 saturated carbocycles. The number of carboxylic acid groups (broad SMARTS) is 1. The van der Waals surface area contributed by atoms with Gasteiger partial charge in [-0.15, -0.1) is 0 Å². The Labute approximate surface area is 119 Å². The number of carbonyl (C=O) groups is 2. The number of nitrogens with zero attached hydrogens (tertiary/aromatic N) is 2. The number of unbranched alkanes of at least 4 members (excludes halogenated alkanes) is 3. The minimum atomic E-state index is -0.754. The van der Waals surface area contributed by atoms with Crippen molar-refractivity contribution in [3.63, 3.8) is 0 Å². The number of nitrogens with one attached hydrogen (secondary N) is 1. The highest BCUT2D eigenvalue weighted by Gasteiger charge is 2.31. The topological polar surface area (TPSA) is 93.4 Å². The van der Waals surface area contributed by atoms with Crippen molar-refractivity contribution < 1.29 is 14.7 Å². The summed E-state index contributed by atoms with van der Waals surface area (Å²) < 4.78 is 0. The van der Waals surface area contributed by atoms with Gasteiger partial charge < -0.3 is 15.3 Å². The lowest BCUT2D eigenvalue weighted by atomic mass is 10.1. The monoisotopic (exact) mass is 281 g/mol. The van der Waals surface area contributed by atoms with Crippen LogP contribution in [0.3, 0.4) is 0 Å². The van der Waals surface area contributed by atoms with Gasteiger partial charge in [0, 0.05) is 25.6 Å². The Hall–Kier alpha value is -1.77. The van der Waals surface area contributed by atoms with Gasteiger partial charge in [0.05, 0.1) is 12.5 Å². The van der Waals surface area contributed by atoms with Gasteiger partial charge in [0.25, 0.3) is 0 Å². The molecule has 0 heterocycles. The molecular weight excluding hydrogens is 258 g/mol. The second kappa shape index (κ2) is 9.18. The van der Waals surface area contributed by atoms with E-state index in [9.17, 15) is 9.59 Å². The summed E-state index contributed by atoms with van der Waals surface area (Å²) in [6.07, 6.45) is 6.02. The van der Waals surface area contributed by atoms with Gasteiger partial charge in [-0.05, 0) is 25.7 Å². The molecule has 2 amide bonds. The highest BCUT2D eigenvalue weighted by Crippen LogP contribution is 2.26. The molecule has 0 spiro atoms. The maximum Gasteiger partial charge on any atom is 0.317 e. The smallest absolute Gasteiger partial charge is 0.317 e. The Kier molecular flexibility index (Phi) is 7.48. The third kappa shape index (κ3) is 6.98. The minimum absolute atomic E-state index is 0.0757. The van der Waals surface area contributed by atoms with Gasteiger partial charge in [0.1, 0.15) is 0 Å². The molecule has 1 fully saturated rings. The van der Waals surface area contributed by atoms with Crippen molar-refractivity contribution in [3.8, 4) is 6.07 Å². The van der Waals surface area contributed by atoms with Crippen LogP contribution < -0.4 is 5.32 Å². The second-order valence-corrected chi connectivity index (χ2v) is 5.12.